The van der Waals surface area contributed by atoms with Gasteiger partial charge in [-0.05, 0) is 189 Å². The monoisotopic (exact) mass is 1890 g/mol. The Bertz CT molecular complexity index is 8650. The minimum atomic E-state index is 0.590. The van der Waals surface area contributed by atoms with Gasteiger partial charge in [0.25, 0.3) is 0 Å². The average Bonchev–Trinajstić information content (AvgIpc) is 1.61. The fourth-order valence-electron chi connectivity index (χ4n) is 19.2. The van der Waals surface area contributed by atoms with Gasteiger partial charge < -0.3 is 18.8 Å². The molecule has 1 aliphatic heterocycles. The summed E-state index contributed by atoms with van der Waals surface area (Å²) in [4.78, 5) is 46.9. The molecule has 0 aliphatic carbocycles. The average molecular weight is 1900 g/mol. The van der Waals surface area contributed by atoms with Crippen LogP contribution < -0.4 is 9.64 Å². The van der Waals surface area contributed by atoms with Crippen molar-refractivity contribution in [3.05, 3.63) is 523 Å². The zero-order valence-electron chi connectivity index (χ0n) is 81.2. The molecule has 0 saturated heterocycles. The third kappa shape index (κ3) is 18.5. The van der Waals surface area contributed by atoms with E-state index in [0.717, 1.165) is 134 Å². The predicted molar refractivity (Wildman–Crippen MR) is 608 cm³/mol. The van der Waals surface area contributed by atoms with Crippen molar-refractivity contribution in [2.24, 2.45) is 0 Å². The Morgan fingerprint density at radius 1 is 0.177 bits per heavy atom. The highest BCUT2D eigenvalue weighted by molar-refractivity contribution is 6.15. The Balaban J connectivity index is 0.000000121. The van der Waals surface area contributed by atoms with Gasteiger partial charge in [-0.25, -0.2) is 24.9 Å². The van der Waals surface area contributed by atoms with Crippen molar-refractivity contribution in [1.82, 2.24) is 63.1 Å². The molecule has 0 N–H and O–H groups in total. The van der Waals surface area contributed by atoms with Crippen LogP contribution in [0, 0.1) is 0 Å². The van der Waals surface area contributed by atoms with Crippen LogP contribution in [0.5, 0.6) is 11.5 Å². The summed E-state index contributed by atoms with van der Waals surface area (Å²) in [7, 11) is 0. The molecule has 702 valence electrons. The third-order valence-corrected chi connectivity index (χ3v) is 25.7. The number of anilines is 3. The highest BCUT2D eigenvalue weighted by atomic mass is 16.5. The van der Waals surface area contributed by atoms with Gasteiger partial charge in [0.1, 0.15) is 0 Å². The molecule has 0 fully saturated rings. The number of para-hydroxylation sites is 10. The third-order valence-electron chi connectivity index (χ3n) is 25.7. The first-order valence-electron chi connectivity index (χ1n) is 49.0. The SMILES string of the molecule is C=CC.C=CC.C=CC.c1ccc(-c2nc(-c3ccccc3)nc(-c3ccc(N4c5ccccc5Oc5ccccc54)cc3)n2)cc1.c1ccc(-c2nc(-c3ccccc3)nc(-n3c4ccccc4c4cc(-c5ccc6c(c5)c5ccccc5n6-c5ccccc5)ccc43)n2)cc1.c1ccc(-c2nc(-c3ccccc3)nc(-n3c4ccccc4c4cc(-c5ccc6c(c5)c5ccccc5n6-c5ccccc5)ccc43)n2)cc1. The fourth-order valence-corrected chi connectivity index (χ4v) is 19.2. The molecular formula is C132H98N14O. The van der Waals surface area contributed by atoms with Crippen LogP contribution in [-0.2, 0) is 0 Å². The number of aromatic nitrogens is 13. The number of ether oxygens (including phenoxy) is 1. The van der Waals surface area contributed by atoms with Crippen molar-refractivity contribution in [3.63, 3.8) is 0 Å². The number of nitrogens with zero attached hydrogens (tertiary/aromatic N) is 14. The first-order valence-corrected chi connectivity index (χ1v) is 49.0. The number of allylic oxidation sites excluding steroid dienone is 3. The normalized spacial score (nSPS) is 11.2. The summed E-state index contributed by atoms with van der Waals surface area (Å²) in [6.45, 7) is 15.8. The van der Waals surface area contributed by atoms with Crippen LogP contribution in [0.4, 0.5) is 17.1 Å². The standard InChI is InChI=1S/2C45H29N5.C33H22N4O.3C3H6/c2*1-4-14-30(15-5-1)43-46-44(31-16-6-2-7-17-31)48-45(47-43)50-40-23-13-11-21-36(40)38-29-33(25-27-42(38)50)32-24-26-41-37(28-32)35-20-10-12-22-39(35)49(41)34-18-8-3-9-19-34;1-3-11-23(12-4-1)31-34-32(24-13-5-2-6-14-24)36-33(35-31)25-19-21-26(22-20-25)37-27-15-7-9-17-29(27)38-30-18-10-8-16-28(30)37;3*1-3-2/h2*1-29H;1-22H;3*3H,1H2,2H3. The summed E-state index contributed by atoms with van der Waals surface area (Å²) >= 11 is 0. The minimum Gasteiger partial charge on any atom is -0.453 e. The smallest absolute Gasteiger partial charge is 0.238 e. The zero-order valence-corrected chi connectivity index (χ0v) is 81.2. The van der Waals surface area contributed by atoms with Crippen LogP contribution in [0.3, 0.4) is 0 Å². The quantitative estimate of drug-likeness (QED) is 0.0958. The Morgan fingerprint density at radius 3 is 0.646 bits per heavy atom. The first-order chi connectivity index (χ1) is 72.7. The number of rotatable bonds is 14. The molecule has 0 saturated carbocycles. The topological polar surface area (TPSA) is 148 Å². The molecule has 0 unspecified atom stereocenters. The molecule has 19 aromatic carbocycles. The second kappa shape index (κ2) is 42.0. The lowest BCUT2D eigenvalue weighted by Gasteiger charge is -2.32. The molecule has 27 rings (SSSR count). The van der Waals surface area contributed by atoms with Crippen molar-refractivity contribution in [2.75, 3.05) is 4.90 Å². The lowest BCUT2D eigenvalue weighted by Crippen LogP contribution is -2.15. The van der Waals surface area contributed by atoms with Crippen LogP contribution in [0.2, 0.25) is 0 Å². The van der Waals surface area contributed by atoms with Crippen molar-refractivity contribution in [3.8, 4) is 137 Å². The molecular weight excluding hydrogens is 1800 g/mol. The van der Waals surface area contributed by atoms with Gasteiger partial charge in [-0.2, -0.15) is 19.9 Å². The molecule has 147 heavy (non-hydrogen) atoms. The van der Waals surface area contributed by atoms with Gasteiger partial charge in [0.15, 0.2) is 52.3 Å². The van der Waals surface area contributed by atoms with Crippen LogP contribution >= 0.6 is 0 Å². The van der Waals surface area contributed by atoms with E-state index in [1.807, 2.05) is 239 Å². The molecule has 1 aliphatic rings. The largest absolute Gasteiger partial charge is 0.453 e. The lowest BCUT2D eigenvalue weighted by atomic mass is 10.0. The molecule has 0 radical (unpaired) electrons. The van der Waals surface area contributed by atoms with Gasteiger partial charge >= 0.3 is 0 Å². The summed E-state index contributed by atoms with van der Waals surface area (Å²) in [6.07, 6.45) is 5.25. The fraction of sp³-hybridized carbons (Fsp3) is 0.0227. The van der Waals surface area contributed by atoms with Crippen molar-refractivity contribution in [1.29, 1.82) is 0 Å². The lowest BCUT2D eigenvalue weighted by molar-refractivity contribution is 0.477. The molecule has 0 bridgehead atoms. The van der Waals surface area contributed by atoms with Crippen LogP contribution in [0.25, 0.3) is 212 Å². The molecule has 26 aromatic rings. The molecule has 15 nitrogen and oxygen atoms in total. The van der Waals surface area contributed by atoms with Gasteiger partial charge in [-0.15, -0.1) is 19.7 Å². The van der Waals surface area contributed by atoms with Gasteiger partial charge in [0.05, 0.1) is 55.5 Å². The number of benzene rings is 19. The minimum absolute atomic E-state index is 0.590. The van der Waals surface area contributed by atoms with E-state index in [1.54, 1.807) is 18.2 Å². The van der Waals surface area contributed by atoms with Gasteiger partial charge in [0.2, 0.25) is 11.9 Å². The van der Waals surface area contributed by atoms with Crippen molar-refractivity contribution >= 4 is 104 Å². The Hall–Kier alpha value is -19.8. The van der Waals surface area contributed by atoms with E-state index in [4.69, 9.17) is 49.6 Å². The second-order valence-corrected chi connectivity index (χ2v) is 35.2. The van der Waals surface area contributed by atoms with E-state index < -0.39 is 0 Å². The number of hydrogen-bond donors (Lipinski definition) is 0. The molecule has 0 atom stereocenters. The van der Waals surface area contributed by atoms with Crippen LogP contribution in [-0.4, -0.2) is 63.1 Å². The van der Waals surface area contributed by atoms with E-state index in [9.17, 15) is 0 Å². The zero-order chi connectivity index (χ0) is 99.5. The molecule has 8 heterocycles. The van der Waals surface area contributed by atoms with E-state index in [-0.39, 0.29) is 0 Å². The van der Waals surface area contributed by atoms with Gasteiger partial charge in [0, 0.05) is 99.1 Å². The first kappa shape index (κ1) is 92.3. The maximum absolute atomic E-state index is 6.16. The number of hydrogen-bond acceptors (Lipinski definition) is 11. The van der Waals surface area contributed by atoms with Crippen molar-refractivity contribution < 1.29 is 4.74 Å². The van der Waals surface area contributed by atoms with E-state index in [2.05, 4.69) is 310 Å². The van der Waals surface area contributed by atoms with Crippen LogP contribution in [0.1, 0.15) is 20.8 Å². The molecule has 7 aromatic heterocycles. The maximum Gasteiger partial charge on any atom is 0.238 e. The Labute approximate surface area is 852 Å². The van der Waals surface area contributed by atoms with Crippen LogP contribution in [0.15, 0.2) is 523 Å². The summed E-state index contributed by atoms with van der Waals surface area (Å²) in [6, 6.07) is 168. The summed E-state index contributed by atoms with van der Waals surface area (Å²) in [5.41, 5.74) is 25.6. The van der Waals surface area contributed by atoms with E-state index >= 15 is 0 Å². The highest BCUT2D eigenvalue weighted by Gasteiger charge is 2.28. The predicted octanol–water partition coefficient (Wildman–Crippen LogP) is 34.2. The summed E-state index contributed by atoms with van der Waals surface area (Å²) < 4.78 is 15.2. The molecule has 15 heteroatoms. The Kier molecular flexibility index (Phi) is 26.3. The van der Waals surface area contributed by atoms with Gasteiger partial charge in [-0.1, -0.05) is 358 Å². The molecule has 0 amide bonds. The van der Waals surface area contributed by atoms with E-state index in [0.29, 0.717) is 52.7 Å². The summed E-state index contributed by atoms with van der Waals surface area (Å²) in [5.74, 6) is 7.31. The van der Waals surface area contributed by atoms with Gasteiger partial charge in [-0.3, -0.25) is 9.13 Å². The second-order valence-electron chi connectivity index (χ2n) is 35.2. The van der Waals surface area contributed by atoms with E-state index in [1.165, 1.54) is 54.7 Å². The maximum atomic E-state index is 6.16. The number of fused-ring (bicyclic) bond motifs is 14. The van der Waals surface area contributed by atoms with Crippen molar-refractivity contribution in [2.45, 2.75) is 20.8 Å². The molecule has 0 spiro atoms. The highest BCUT2D eigenvalue weighted by Crippen LogP contribution is 2.51. The summed E-state index contributed by atoms with van der Waals surface area (Å²) in [5, 5.41) is 9.53. The Morgan fingerprint density at radius 2 is 0.374 bits per heavy atom.